The summed E-state index contributed by atoms with van der Waals surface area (Å²) in [6.45, 7) is 0. The molecule has 66 valence electrons. The summed E-state index contributed by atoms with van der Waals surface area (Å²) < 4.78 is 12.7. The molecule has 1 aromatic rings. The van der Waals surface area contributed by atoms with Gasteiger partial charge in [0.1, 0.15) is 5.82 Å². The van der Waals surface area contributed by atoms with Crippen LogP contribution in [0, 0.1) is 10.7 Å². The van der Waals surface area contributed by atoms with Crippen LogP contribution in [-0.4, -0.2) is 11.8 Å². The van der Waals surface area contributed by atoms with E-state index in [0.29, 0.717) is 11.1 Å². The third-order valence-electron chi connectivity index (χ3n) is 2.18. The Balaban J connectivity index is 2.49. The highest BCUT2D eigenvalue weighted by Crippen LogP contribution is 2.24. The molecule has 0 saturated carbocycles. The van der Waals surface area contributed by atoms with Crippen molar-refractivity contribution in [1.82, 2.24) is 0 Å². The predicted molar refractivity (Wildman–Crippen MR) is 44.0 cm³/mol. The first-order valence-electron chi connectivity index (χ1n) is 3.87. The van der Waals surface area contributed by atoms with E-state index >= 15 is 0 Å². The maximum atomic E-state index is 12.7. The number of hydrogen-bond donors (Lipinski definition) is 0. The number of ketones is 1. The second-order valence-electron chi connectivity index (χ2n) is 2.99. The van der Waals surface area contributed by atoms with Gasteiger partial charge in [-0.05, 0) is 23.8 Å². The lowest BCUT2D eigenvalue weighted by molar-refractivity contribution is 0.0975. The molecule has 1 atom stereocenters. The molecule has 0 radical (unpaired) electrons. The summed E-state index contributed by atoms with van der Waals surface area (Å²) >= 11 is 0. The van der Waals surface area contributed by atoms with E-state index in [2.05, 4.69) is 5.18 Å². The molecule has 3 nitrogen and oxygen atoms in total. The summed E-state index contributed by atoms with van der Waals surface area (Å²) in [5, 5.41) is 2.69. The van der Waals surface area contributed by atoms with Crippen molar-refractivity contribution >= 4 is 5.78 Å². The van der Waals surface area contributed by atoms with Crippen molar-refractivity contribution in [3.63, 3.8) is 0 Å². The van der Waals surface area contributed by atoms with E-state index in [-0.39, 0.29) is 12.2 Å². The van der Waals surface area contributed by atoms with Crippen LogP contribution in [0.5, 0.6) is 0 Å². The number of halogens is 1. The van der Waals surface area contributed by atoms with Gasteiger partial charge in [0.15, 0.2) is 11.8 Å². The second kappa shape index (κ2) is 2.73. The van der Waals surface area contributed by atoms with Crippen molar-refractivity contribution in [2.24, 2.45) is 5.18 Å². The van der Waals surface area contributed by atoms with Crippen molar-refractivity contribution in [2.75, 3.05) is 0 Å². The van der Waals surface area contributed by atoms with Gasteiger partial charge >= 0.3 is 0 Å². The smallest absolute Gasteiger partial charge is 0.191 e. The second-order valence-corrected chi connectivity index (χ2v) is 2.99. The summed E-state index contributed by atoms with van der Waals surface area (Å²) in [5.74, 6) is -0.692. The Hall–Kier alpha value is -1.58. The molecule has 0 amide bonds. The Labute approximate surface area is 73.5 Å². The number of carbonyl (C=O) groups is 1. The highest BCUT2D eigenvalue weighted by molar-refractivity contribution is 6.04. The Bertz CT molecular complexity index is 389. The average Bonchev–Trinajstić information content (AvgIpc) is 2.42. The molecule has 4 heteroatoms. The summed E-state index contributed by atoms with van der Waals surface area (Å²) in [6, 6.07) is 3.04. The molecule has 0 N–H and O–H groups in total. The lowest BCUT2D eigenvalue weighted by atomic mass is 10.1. The van der Waals surface area contributed by atoms with Crippen molar-refractivity contribution in [3.8, 4) is 0 Å². The maximum absolute atomic E-state index is 12.7. The van der Waals surface area contributed by atoms with Crippen LogP contribution in [0.4, 0.5) is 4.39 Å². The minimum atomic E-state index is -0.850. The molecular weight excluding hydrogens is 173 g/mol. The van der Waals surface area contributed by atoms with Gasteiger partial charge in [-0.3, -0.25) is 4.79 Å². The van der Waals surface area contributed by atoms with E-state index in [1.165, 1.54) is 18.2 Å². The minimum absolute atomic E-state index is 0.232. The van der Waals surface area contributed by atoms with Crippen LogP contribution in [0.2, 0.25) is 0 Å². The fourth-order valence-electron chi connectivity index (χ4n) is 1.54. The van der Waals surface area contributed by atoms with Crippen LogP contribution < -0.4 is 0 Å². The van der Waals surface area contributed by atoms with Crippen LogP contribution in [0.15, 0.2) is 23.4 Å². The highest BCUT2D eigenvalue weighted by Gasteiger charge is 2.31. The molecule has 1 aliphatic rings. The lowest BCUT2D eigenvalue weighted by Gasteiger charge is -1.94. The predicted octanol–water partition coefficient (Wildman–Crippen LogP) is 1.70. The molecule has 1 aromatic carbocycles. The number of Topliss-reactive ketones (excluding diaryl/α,β-unsaturated/α-hetero) is 1. The molecule has 13 heavy (non-hydrogen) atoms. The minimum Gasteiger partial charge on any atom is -0.292 e. The Kier molecular flexibility index (Phi) is 1.69. The molecule has 2 rings (SSSR count). The molecule has 0 saturated heterocycles. The van der Waals surface area contributed by atoms with E-state index in [1.54, 1.807) is 0 Å². The van der Waals surface area contributed by atoms with Gasteiger partial charge in [0, 0.05) is 12.0 Å². The Morgan fingerprint density at radius 1 is 1.46 bits per heavy atom. The van der Waals surface area contributed by atoms with Crippen molar-refractivity contribution in [3.05, 3.63) is 40.1 Å². The monoisotopic (exact) mass is 179 g/mol. The molecule has 1 unspecified atom stereocenters. The molecule has 0 spiro atoms. The summed E-state index contributed by atoms with van der Waals surface area (Å²) in [5.41, 5.74) is 1.00. The van der Waals surface area contributed by atoms with Gasteiger partial charge in [0.2, 0.25) is 0 Å². The van der Waals surface area contributed by atoms with Crippen molar-refractivity contribution in [1.29, 1.82) is 0 Å². The topological polar surface area (TPSA) is 46.5 Å². The van der Waals surface area contributed by atoms with Gasteiger partial charge in [-0.15, -0.1) is 0 Å². The van der Waals surface area contributed by atoms with Gasteiger partial charge < -0.3 is 0 Å². The number of benzene rings is 1. The van der Waals surface area contributed by atoms with Gasteiger partial charge in [-0.25, -0.2) is 4.39 Å². The standard InChI is InChI=1S/C9H6FNO2/c10-6-1-2-7-5(3-6)4-8(11-13)9(7)12/h1-3,8H,4H2. The fourth-order valence-corrected chi connectivity index (χ4v) is 1.54. The first-order chi connectivity index (χ1) is 6.22. The van der Waals surface area contributed by atoms with Crippen LogP contribution in [-0.2, 0) is 6.42 Å². The number of nitroso groups, excluding NO2 is 1. The molecule has 0 fully saturated rings. The van der Waals surface area contributed by atoms with Crippen molar-refractivity contribution < 1.29 is 9.18 Å². The third-order valence-corrected chi connectivity index (χ3v) is 2.18. The molecule has 0 aliphatic heterocycles. The normalized spacial score (nSPS) is 20.1. The molecule has 0 bridgehead atoms. The first-order valence-corrected chi connectivity index (χ1v) is 3.87. The van der Waals surface area contributed by atoms with Crippen LogP contribution in [0.1, 0.15) is 15.9 Å². The number of hydrogen-bond acceptors (Lipinski definition) is 3. The van der Waals surface area contributed by atoms with E-state index in [9.17, 15) is 14.1 Å². The third kappa shape index (κ3) is 1.14. The van der Waals surface area contributed by atoms with Crippen LogP contribution in [0.3, 0.4) is 0 Å². The fraction of sp³-hybridized carbons (Fsp3) is 0.222. The molecule has 0 aromatic heterocycles. The molecular formula is C9H6FNO2. The Morgan fingerprint density at radius 3 is 2.92 bits per heavy atom. The van der Waals surface area contributed by atoms with Crippen molar-refractivity contribution in [2.45, 2.75) is 12.5 Å². The average molecular weight is 179 g/mol. The van der Waals surface area contributed by atoms with E-state index in [4.69, 9.17) is 0 Å². The zero-order chi connectivity index (χ0) is 9.42. The summed E-state index contributed by atoms with van der Waals surface area (Å²) in [6.07, 6.45) is 0.232. The van der Waals surface area contributed by atoms with Gasteiger partial charge in [0.05, 0.1) is 0 Å². The number of nitrogens with zero attached hydrogens (tertiary/aromatic N) is 1. The van der Waals surface area contributed by atoms with Crippen LogP contribution in [0.25, 0.3) is 0 Å². The van der Waals surface area contributed by atoms with Gasteiger partial charge in [0.25, 0.3) is 0 Å². The molecule has 0 heterocycles. The largest absolute Gasteiger partial charge is 0.292 e. The summed E-state index contributed by atoms with van der Waals surface area (Å²) in [4.78, 5) is 21.5. The Morgan fingerprint density at radius 2 is 2.23 bits per heavy atom. The zero-order valence-electron chi connectivity index (χ0n) is 6.66. The number of fused-ring (bicyclic) bond motifs is 1. The first kappa shape index (κ1) is 8.04. The van der Waals surface area contributed by atoms with Gasteiger partial charge in [-0.2, -0.15) is 4.91 Å². The SMILES string of the molecule is O=NC1Cc2cc(F)ccc2C1=O. The quantitative estimate of drug-likeness (QED) is 0.616. The highest BCUT2D eigenvalue weighted by atomic mass is 19.1. The number of rotatable bonds is 1. The number of carbonyl (C=O) groups excluding carboxylic acids is 1. The lowest BCUT2D eigenvalue weighted by Crippen LogP contribution is -2.11. The van der Waals surface area contributed by atoms with E-state index < -0.39 is 11.9 Å². The maximum Gasteiger partial charge on any atom is 0.191 e. The zero-order valence-corrected chi connectivity index (χ0v) is 6.66. The van der Waals surface area contributed by atoms with Crippen LogP contribution >= 0.6 is 0 Å². The van der Waals surface area contributed by atoms with E-state index in [0.717, 1.165) is 0 Å². The van der Waals surface area contributed by atoms with E-state index in [1.807, 2.05) is 0 Å². The van der Waals surface area contributed by atoms with Gasteiger partial charge in [-0.1, -0.05) is 5.18 Å². The summed E-state index contributed by atoms with van der Waals surface area (Å²) in [7, 11) is 0. The molecule has 1 aliphatic carbocycles.